The van der Waals surface area contributed by atoms with Gasteiger partial charge < -0.3 is 10.0 Å². The van der Waals surface area contributed by atoms with Crippen LogP contribution in [0.1, 0.15) is 17.7 Å². The number of hydrogen-bond donors (Lipinski definition) is 1. The van der Waals surface area contributed by atoms with E-state index in [1.165, 1.54) is 0 Å². The molecule has 0 amide bonds. The van der Waals surface area contributed by atoms with Gasteiger partial charge in [0, 0.05) is 44.1 Å². The summed E-state index contributed by atoms with van der Waals surface area (Å²) in [6.45, 7) is 3.34. The molecule has 0 aliphatic rings. The van der Waals surface area contributed by atoms with E-state index in [1.807, 2.05) is 49.0 Å². The topological polar surface area (TPSA) is 58.4 Å². The van der Waals surface area contributed by atoms with Crippen LogP contribution in [0.4, 0.5) is 5.69 Å². The Kier molecular flexibility index (Phi) is 4.98. The lowest BCUT2D eigenvalue weighted by molar-refractivity contribution is -0.136. The van der Waals surface area contributed by atoms with Crippen LogP contribution >= 0.6 is 0 Å². The van der Waals surface area contributed by atoms with Gasteiger partial charge >= 0.3 is 5.97 Å². The number of anilines is 1. The number of nitrogens with zero attached hydrogens (tertiary/aromatic N) is 3. The fourth-order valence-electron chi connectivity index (χ4n) is 2.40. The van der Waals surface area contributed by atoms with Crippen LogP contribution in [-0.2, 0) is 18.3 Å². The number of aliphatic carboxylic acids is 1. The van der Waals surface area contributed by atoms with Gasteiger partial charge in [-0.05, 0) is 24.6 Å². The Morgan fingerprint density at radius 2 is 2.05 bits per heavy atom. The molecule has 5 nitrogen and oxygen atoms in total. The molecule has 1 aromatic carbocycles. The van der Waals surface area contributed by atoms with Crippen molar-refractivity contribution >= 4 is 11.7 Å². The maximum Gasteiger partial charge on any atom is 0.305 e. The van der Waals surface area contributed by atoms with Crippen LogP contribution in [0, 0.1) is 6.92 Å². The Morgan fingerprint density at radius 3 is 2.67 bits per heavy atom. The van der Waals surface area contributed by atoms with E-state index in [0.717, 1.165) is 29.9 Å². The number of carboxylic acid groups (broad SMARTS) is 1. The molecule has 1 aromatic heterocycles. The van der Waals surface area contributed by atoms with E-state index < -0.39 is 5.97 Å². The van der Waals surface area contributed by atoms with Crippen LogP contribution in [0.15, 0.2) is 36.5 Å². The zero-order valence-corrected chi connectivity index (χ0v) is 12.5. The summed E-state index contributed by atoms with van der Waals surface area (Å²) in [7, 11) is 1.92. The molecule has 2 aromatic rings. The van der Waals surface area contributed by atoms with Crippen molar-refractivity contribution in [2.75, 3.05) is 18.0 Å². The van der Waals surface area contributed by atoms with Gasteiger partial charge in [0.15, 0.2) is 0 Å². The van der Waals surface area contributed by atoms with E-state index in [4.69, 9.17) is 5.11 Å². The third-order valence-electron chi connectivity index (χ3n) is 3.61. The van der Waals surface area contributed by atoms with Crippen molar-refractivity contribution in [1.29, 1.82) is 0 Å². The molecule has 0 radical (unpaired) electrons. The molecule has 0 unspecified atom stereocenters. The van der Waals surface area contributed by atoms with E-state index in [1.54, 1.807) is 6.20 Å². The summed E-state index contributed by atoms with van der Waals surface area (Å²) < 4.78 is 1.85. The first-order valence-electron chi connectivity index (χ1n) is 7.07. The molecule has 5 heteroatoms. The second kappa shape index (κ2) is 6.92. The molecule has 21 heavy (non-hydrogen) atoms. The highest BCUT2D eigenvalue weighted by atomic mass is 16.4. The van der Waals surface area contributed by atoms with Crippen molar-refractivity contribution < 1.29 is 9.90 Å². The lowest BCUT2D eigenvalue weighted by Gasteiger charge is -2.26. The predicted octanol–water partition coefficient (Wildman–Crippen LogP) is 2.25. The van der Waals surface area contributed by atoms with Gasteiger partial charge in [-0.1, -0.05) is 18.2 Å². The van der Waals surface area contributed by atoms with Gasteiger partial charge in [0.1, 0.15) is 0 Å². The average Bonchev–Trinajstić information content (AvgIpc) is 2.85. The number of hydrogen-bond acceptors (Lipinski definition) is 3. The largest absolute Gasteiger partial charge is 0.481 e. The van der Waals surface area contributed by atoms with Crippen LogP contribution in [0.25, 0.3) is 0 Å². The summed E-state index contributed by atoms with van der Waals surface area (Å²) in [6, 6.07) is 10.1. The number of benzene rings is 1. The minimum Gasteiger partial charge on any atom is -0.481 e. The van der Waals surface area contributed by atoms with Gasteiger partial charge in [0.05, 0.1) is 6.42 Å². The molecule has 2 rings (SSSR count). The Hall–Kier alpha value is -2.30. The third-order valence-corrected chi connectivity index (χ3v) is 3.61. The second-order valence-electron chi connectivity index (χ2n) is 5.11. The van der Waals surface area contributed by atoms with Crippen molar-refractivity contribution in [3.05, 3.63) is 47.8 Å². The van der Waals surface area contributed by atoms with Crippen molar-refractivity contribution in [3.63, 3.8) is 0 Å². The number of rotatable bonds is 7. The molecule has 0 spiro atoms. The van der Waals surface area contributed by atoms with Crippen molar-refractivity contribution in [2.24, 2.45) is 7.05 Å². The van der Waals surface area contributed by atoms with Crippen molar-refractivity contribution in [3.8, 4) is 0 Å². The fourth-order valence-corrected chi connectivity index (χ4v) is 2.40. The molecule has 0 aliphatic heterocycles. The van der Waals surface area contributed by atoms with Gasteiger partial charge in [-0.3, -0.25) is 9.48 Å². The Bertz CT molecular complexity index is 607. The zero-order valence-electron chi connectivity index (χ0n) is 12.5. The number of aryl methyl sites for hydroxylation is 2. The van der Waals surface area contributed by atoms with Gasteiger partial charge in [-0.25, -0.2) is 0 Å². The first-order valence-corrected chi connectivity index (χ1v) is 7.07. The Labute approximate surface area is 124 Å². The number of carbonyl (C=O) groups is 1. The molecule has 0 aliphatic carbocycles. The standard InChI is InChI=1S/C16H21N3O2/c1-13-5-3-4-6-15(13)19(12-9-16(20)21)11-8-14-7-10-17-18(14)2/h3-7,10H,8-9,11-12H2,1-2H3,(H,20,21). The Morgan fingerprint density at radius 1 is 1.29 bits per heavy atom. The summed E-state index contributed by atoms with van der Waals surface area (Å²) in [4.78, 5) is 13.0. The SMILES string of the molecule is Cc1ccccc1N(CCC(=O)O)CCc1ccnn1C. The molecule has 0 saturated carbocycles. The van der Waals surface area contributed by atoms with Gasteiger partial charge in [0.2, 0.25) is 0 Å². The van der Waals surface area contributed by atoms with Crippen LogP contribution < -0.4 is 4.90 Å². The molecule has 0 bridgehead atoms. The van der Waals surface area contributed by atoms with E-state index in [0.29, 0.717) is 6.54 Å². The number of para-hydroxylation sites is 1. The maximum absolute atomic E-state index is 10.9. The predicted molar refractivity (Wildman–Crippen MR) is 82.6 cm³/mol. The average molecular weight is 287 g/mol. The highest BCUT2D eigenvalue weighted by molar-refractivity contribution is 5.68. The maximum atomic E-state index is 10.9. The molecule has 0 fully saturated rings. The van der Waals surface area contributed by atoms with Gasteiger partial charge in [-0.2, -0.15) is 5.10 Å². The third kappa shape index (κ3) is 4.08. The molecular weight excluding hydrogens is 266 g/mol. The van der Waals surface area contributed by atoms with E-state index in [-0.39, 0.29) is 6.42 Å². The fraction of sp³-hybridized carbons (Fsp3) is 0.375. The summed E-state index contributed by atoms with van der Waals surface area (Å²) in [6.07, 6.45) is 2.76. The molecule has 0 saturated heterocycles. The highest BCUT2D eigenvalue weighted by Gasteiger charge is 2.11. The van der Waals surface area contributed by atoms with Gasteiger partial charge in [-0.15, -0.1) is 0 Å². The summed E-state index contributed by atoms with van der Waals surface area (Å²) in [5, 5.41) is 13.1. The number of carboxylic acids is 1. The van der Waals surface area contributed by atoms with Crippen LogP contribution in [0.3, 0.4) is 0 Å². The van der Waals surface area contributed by atoms with Gasteiger partial charge in [0.25, 0.3) is 0 Å². The van der Waals surface area contributed by atoms with Crippen molar-refractivity contribution in [1.82, 2.24) is 9.78 Å². The van der Waals surface area contributed by atoms with Crippen LogP contribution in [0.2, 0.25) is 0 Å². The molecule has 0 atom stereocenters. The summed E-state index contributed by atoms with van der Waals surface area (Å²) in [5.41, 5.74) is 3.40. The quantitative estimate of drug-likeness (QED) is 0.848. The van der Waals surface area contributed by atoms with E-state index >= 15 is 0 Å². The second-order valence-corrected chi connectivity index (χ2v) is 5.11. The molecular formula is C16H21N3O2. The monoisotopic (exact) mass is 287 g/mol. The van der Waals surface area contributed by atoms with Crippen LogP contribution in [0.5, 0.6) is 0 Å². The van der Waals surface area contributed by atoms with Crippen LogP contribution in [-0.4, -0.2) is 33.9 Å². The Balaban J connectivity index is 2.10. The summed E-state index contributed by atoms with van der Waals surface area (Å²) in [5.74, 6) is -0.769. The first-order chi connectivity index (χ1) is 10.1. The lowest BCUT2D eigenvalue weighted by atomic mass is 10.1. The minimum absolute atomic E-state index is 0.139. The first kappa shape index (κ1) is 15.1. The normalized spacial score (nSPS) is 10.6. The lowest BCUT2D eigenvalue weighted by Crippen LogP contribution is -2.29. The van der Waals surface area contributed by atoms with E-state index in [9.17, 15) is 4.79 Å². The summed E-state index contributed by atoms with van der Waals surface area (Å²) >= 11 is 0. The smallest absolute Gasteiger partial charge is 0.305 e. The minimum atomic E-state index is -0.769. The molecule has 1 heterocycles. The van der Waals surface area contributed by atoms with E-state index in [2.05, 4.69) is 10.00 Å². The zero-order chi connectivity index (χ0) is 15.2. The highest BCUT2D eigenvalue weighted by Crippen LogP contribution is 2.20. The number of aromatic nitrogens is 2. The molecule has 112 valence electrons. The molecule has 1 N–H and O–H groups in total. The van der Waals surface area contributed by atoms with Crippen molar-refractivity contribution in [2.45, 2.75) is 19.8 Å².